The fourth-order valence-corrected chi connectivity index (χ4v) is 10.3. The van der Waals surface area contributed by atoms with Crippen LogP contribution in [0, 0.1) is 22.0 Å². The van der Waals surface area contributed by atoms with Crippen LogP contribution in [0.5, 0.6) is 0 Å². The van der Waals surface area contributed by atoms with Crippen LogP contribution in [0.2, 0.25) is 0 Å². The first-order valence-corrected chi connectivity index (χ1v) is 15.6. The third-order valence-corrected chi connectivity index (χ3v) is 11.9. The molecule has 3 fully saturated rings. The number of hydrogen-bond donors (Lipinski definition) is 0. The Morgan fingerprint density at radius 3 is 2.35 bits per heavy atom. The van der Waals surface area contributed by atoms with Crippen molar-refractivity contribution in [1.82, 2.24) is 4.31 Å². The normalized spacial score (nSPS) is 33.5. The zero-order valence-corrected chi connectivity index (χ0v) is 22.5. The first-order chi connectivity index (χ1) is 16.2. The van der Waals surface area contributed by atoms with E-state index in [9.17, 15) is 18.4 Å². The molecule has 7 heteroatoms. The molecule has 194 valence electrons. The second-order valence-corrected chi connectivity index (χ2v) is 14.0. The molecule has 0 unspecified atom stereocenters. The Morgan fingerprint density at radius 1 is 1.06 bits per heavy atom. The Bertz CT molecular complexity index is 896. The maximum absolute atomic E-state index is 13.6. The number of sulfonamides is 1. The standard InChI is InChI=1S/C27H46N2O4S/c1-4-5-6-7-8-9-10-11-12-14-22-15-13-16-23(28(22)31)25(30)29-24-19-21-17-18-27(24,26(21,2)3)20-34(29,32)33/h21,23-24H,4-20H2,1-3H3/t21-,23-,24-,27-/m1/s1. The van der Waals surface area contributed by atoms with Gasteiger partial charge in [0.25, 0.3) is 0 Å². The van der Waals surface area contributed by atoms with Gasteiger partial charge in [-0.1, -0.05) is 72.1 Å². The minimum absolute atomic E-state index is 0.0699. The van der Waals surface area contributed by atoms with Gasteiger partial charge >= 0.3 is 5.91 Å². The first kappa shape index (κ1) is 26.0. The van der Waals surface area contributed by atoms with Gasteiger partial charge in [-0.2, -0.15) is 0 Å². The lowest BCUT2D eigenvalue weighted by atomic mass is 9.69. The van der Waals surface area contributed by atoms with Crippen LogP contribution in [-0.4, -0.2) is 46.9 Å². The van der Waals surface area contributed by atoms with E-state index >= 15 is 0 Å². The van der Waals surface area contributed by atoms with Crippen molar-refractivity contribution >= 4 is 21.6 Å². The average Bonchev–Trinajstić information content (AvgIpc) is 3.26. The first-order valence-electron chi connectivity index (χ1n) is 14.0. The molecule has 6 nitrogen and oxygen atoms in total. The maximum atomic E-state index is 13.6. The molecular formula is C27H46N2O4S. The van der Waals surface area contributed by atoms with Crippen LogP contribution in [0.25, 0.3) is 0 Å². The molecule has 1 saturated heterocycles. The molecule has 2 saturated carbocycles. The number of carbonyl (C=O) groups is 1. The van der Waals surface area contributed by atoms with Gasteiger partial charge in [-0.05, 0) is 43.4 Å². The molecule has 1 spiro atoms. The van der Waals surface area contributed by atoms with Crippen LogP contribution < -0.4 is 0 Å². The quantitative estimate of drug-likeness (QED) is 0.207. The summed E-state index contributed by atoms with van der Waals surface area (Å²) in [5, 5.41) is 13.2. The molecule has 4 aliphatic rings. The van der Waals surface area contributed by atoms with Gasteiger partial charge in [-0.3, -0.25) is 4.79 Å². The van der Waals surface area contributed by atoms with Crippen LogP contribution in [0.1, 0.15) is 124 Å². The smallest absolute Gasteiger partial charge is 0.306 e. The molecule has 4 rings (SSSR count). The van der Waals surface area contributed by atoms with Crippen LogP contribution >= 0.6 is 0 Å². The summed E-state index contributed by atoms with van der Waals surface area (Å²) < 4.78 is 28.6. The Morgan fingerprint density at radius 2 is 1.71 bits per heavy atom. The van der Waals surface area contributed by atoms with E-state index in [0.29, 0.717) is 12.3 Å². The van der Waals surface area contributed by atoms with E-state index in [1.165, 1.54) is 49.3 Å². The number of hydroxylamine groups is 1. The highest BCUT2D eigenvalue weighted by Crippen LogP contribution is 2.70. The van der Waals surface area contributed by atoms with E-state index in [1.807, 2.05) is 0 Å². The largest absolute Gasteiger partial charge is 0.623 e. The van der Waals surface area contributed by atoms with Crippen LogP contribution in [-0.2, 0) is 14.8 Å². The van der Waals surface area contributed by atoms with E-state index in [4.69, 9.17) is 0 Å². The van der Waals surface area contributed by atoms with Crippen molar-refractivity contribution in [3.05, 3.63) is 5.21 Å². The highest BCUT2D eigenvalue weighted by molar-refractivity contribution is 7.90. The summed E-state index contributed by atoms with van der Waals surface area (Å²) in [4.78, 5) is 13.6. The summed E-state index contributed by atoms with van der Waals surface area (Å²) in [6.45, 7) is 6.61. The minimum atomic E-state index is -3.68. The maximum Gasteiger partial charge on any atom is 0.306 e. The van der Waals surface area contributed by atoms with Crippen LogP contribution in [0.15, 0.2) is 0 Å². The summed E-state index contributed by atoms with van der Waals surface area (Å²) in [6, 6.07) is -1.12. The van der Waals surface area contributed by atoms with Gasteiger partial charge in [0.15, 0.2) is 5.71 Å². The van der Waals surface area contributed by atoms with Gasteiger partial charge in [0.2, 0.25) is 16.1 Å². The Labute approximate surface area is 207 Å². The number of nitrogens with zero attached hydrogens (tertiary/aromatic N) is 2. The van der Waals surface area contributed by atoms with E-state index in [0.717, 1.165) is 61.8 Å². The number of rotatable bonds is 11. The van der Waals surface area contributed by atoms with Crippen molar-refractivity contribution in [3.8, 4) is 0 Å². The molecule has 4 atom stereocenters. The molecule has 0 N–H and O–H groups in total. The topological polar surface area (TPSA) is 80.5 Å². The number of carbonyl (C=O) groups excluding carboxylic acids is 1. The van der Waals surface area contributed by atoms with Crippen molar-refractivity contribution < 1.29 is 18.0 Å². The van der Waals surface area contributed by atoms with Gasteiger partial charge in [-0.25, -0.2) is 17.5 Å². The fraction of sp³-hybridized carbons (Fsp3) is 0.926. The zero-order valence-electron chi connectivity index (χ0n) is 21.7. The molecular weight excluding hydrogens is 448 g/mol. The lowest BCUT2D eigenvalue weighted by Gasteiger charge is -2.37. The summed E-state index contributed by atoms with van der Waals surface area (Å²) >= 11 is 0. The number of hydrogen-bond acceptors (Lipinski definition) is 4. The highest BCUT2D eigenvalue weighted by atomic mass is 32.2. The fourth-order valence-electron chi connectivity index (χ4n) is 7.77. The van der Waals surface area contributed by atoms with E-state index in [-0.39, 0.29) is 22.6 Å². The SMILES string of the molecule is CCCCCCCCCCCC1=[N+]([O-])[C@@H](C(=O)N2[C@@H]3C[C@H]4CC[C@]3(CS2(=O)=O)C4(C)C)CCC1. The Kier molecular flexibility index (Phi) is 7.71. The zero-order chi connectivity index (χ0) is 24.6. The molecule has 0 aromatic heterocycles. The van der Waals surface area contributed by atoms with E-state index in [2.05, 4.69) is 20.8 Å². The lowest BCUT2D eigenvalue weighted by molar-refractivity contribution is -0.495. The van der Waals surface area contributed by atoms with E-state index < -0.39 is 22.0 Å². The molecule has 2 aliphatic carbocycles. The molecule has 0 aromatic rings. The predicted molar refractivity (Wildman–Crippen MR) is 136 cm³/mol. The summed E-state index contributed by atoms with van der Waals surface area (Å²) in [7, 11) is -3.68. The third-order valence-electron chi connectivity index (χ3n) is 10.0. The van der Waals surface area contributed by atoms with Crippen molar-refractivity contribution in [2.45, 2.75) is 136 Å². The second-order valence-electron chi connectivity index (χ2n) is 12.1. The number of amides is 1. The second kappa shape index (κ2) is 10.1. The number of unbranched alkanes of at least 4 members (excludes halogenated alkanes) is 8. The third kappa shape index (κ3) is 4.43. The summed E-state index contributed by atoms with van der Waals surface area (Å²) in [6.07, 6.45) is 16.5. The molecule has 0 radical (unpaired) electrons. The van der Waals surface area contributed by atoms with Gasteiger partial charge in [0.1, 0.15) is 0 Å². The van der Waals surface area contributed by atoms with Gasteiger partial charge in [-0.15, -0.1) is 0 Å². The van der Waals surface area contributed by atoms with Crippen molar-refractivity contribution in [3.63, 3.8) is 0 Å². The predicted octanol–water partition coefficient (Wildman–Crippen LogP) is 5.78. The molecule has 2 bridgehead atoms. The average molecular weight is 495 g/mol. The van der Waals surface area contributed by atoms with Crippen molar-refractivity contribution in [2.24, 2.45) is 16.7 Å². The molecule has 2 heterocycles. The van der Waals surface area contributed by atoms with Gasteiger partial charge < -0.3 is 5.21 Å². The molecule has 1 amide bonds. The van der Waals surface area contributed by atoms with Gasteiger partial charge in [0.05, 0.1) is 11.8 Å². The van der Waals surface area contributed by atoms with Crippen molar-refractivity contribution in [2.75, 3.05) is 5.75 Å². The molecule has 34 heavy (non-hydrogen) atoms. The minimum Gasteiger partial charge on any atom is -0.623 e. The van der Waals surface area contributed by atoms with Crippen LogP contribution in [0.4, 0.5) is 0 Å². The summed E-state index contributed by atoms with van der Waals surface area (Å²) in [5.74, 6) is 0.0804. The lowest BCUT2D eigenvalue weighted by Crippen LogP contribution is -2.51. The van der Waals surface area contributed by atoms with Gasteiger partial charge in [0, 0.05) is 24.7 Å². The number of fused-ring (bicyclic) bond motifs is 1. The van der Waals surface area contributed by atoms with E-state index in [1.54, 1.807) is 0 Å². The van der Waals surface area contributed by atoms with Crippen molar-refractivity contribution in [1.29, 1.82) is 0 Å². The molecule has 2 aliphatic heterocycles. The Balaban J connectivity index is 1.36. The Hall–Kier alpha value is -1.11. The van der Waals surface area contributed by atoms with Crippen LogP contribution in [0.3, 0.4) is 0 Å². The monoisotopic (exact) mass is 494 g/mol. The summed E-state index contributed by atoms with van der Waals surface area (Å²) in [5.41, 5.74) is 0.390. The highest BCUT2D eigenvalue weighted by Gasteiger charge is 2.72. The molecule has 0 aromatic carbocycles.